The SMILES string of the molecule is N[C@H]1CCCN(CC(=O)NCc2ccco2)C1. The summed E-state index contributed by atoms with van der Waals surface area (Å²) in [6, 6.07) is 3.86. The predicted octanol–water partition coefficient (Wildman–Crippen LogP) is 0.319. The van der Waals surface area contributed by atoms with Crippen LogP contribution in [0.5, 0.6) is 0 Å². The maximum absolute atomic E-state index is 11.7. The van der Waals surface area contributed by atoms with Gasteiger partial charge >= 0.3 is 0 Å². The number of nitrogens with zero attached hydrogens (tertiary/aromatic N) is 1. The van der Waals surface area contributed by atoms with Gasteiger partial charge in [0.05, 0.1) is 19.4 Å². The highest BCUT2D eigenvalue weighted by Crippen LogP contribution is 2.07. The number of nitrogens with two attached hydrogens (primary N) is 1. The lowest BCUT2D eigenvalue weighted by molar-refractivity contribution is -0.122. The lowest BCUT2D eigenvalue weighted by atomic mass is 10.1. The van der Waals surface area contributed by atoms with E-state index in [2.05, 4.69) is 10.2 Å². The molecular weight excluding hydrogens is 218 g/mol. The number of rotatable bonds is 4. The summed E-state index contributed by atoms with van der Waals surface area (Å²) in [5, 5.41) is 2.83. The van der Waals surface area contributed by atoms with Crippen LogP contribution in [-0.2, 0) is 11.3 Å². The second-order valence-corrected chi connectivity index (χ2v) is 4.49. The molecule has 0 saturated carbocycles. The molecular formula is C12H19N3O2. The van der Waals surface area contributed by atoms with E-state index in [-0.39, 0.29) is 11.9 Å². The van der Waals surface area contributed by atoms with Crippen LogP contribution in [0, 0.1) is 0 Å². The third kappa shape index (κ3) is 3.87. The fourth-order valence-electron chi connectivity index (χ4n) is 2.09. The third-order valence-corrected chi connectivity index (χ3v) is 2.95. The molecule has 2 heterocycles. The Morgan fingerprint density at radius 1 is 1.65 bits per heavy atom. The summed E-state index contributed by atoms with van der Waals surface area (Å²) in [6.07, 6.45) is 3.74. The molecule has 0 aromatic carbocycles. The molecule has 5 nitrogen and oxygen atoms in total. The van der Waals surface area contributed by atoms with Gasteiger partial charge in [0.2, 0.25) is 5.91 Å². The van der Waals surface area contributed by atoms with Gasteiger partial charge in [0.15, 0.2) is 0 Å². The van der Waals surface area contributed by atoms with E-state index in [9.17, 15) is 4.79 Å². The Labute approximate surface area is 101 Å². The fourth-order valence-corrected chi connectivity index (χ4v) is 2.09. The first-order chi connectivity index (χ1) is 8.24. The Balaban J connectivity index is 1.70. The summed E-state index contributed by atoms with van der Waals surface area (Å²) in [4.78, 5) is 13.8. The molecule has 2 rings (SSSR count). The van der Waals surface area contributed by atoms with E-state index in [0.29, 0.717) is 13.1 Å². The minimum atomic E-state index is 0.0236. The van der Waals surface area contributed by atoms with Crippen molar-refractivity contribution < 1.29 is 9.21 Å². The van der Waals surface area contributed by atoms with E-state index in [1.165, 1.54) is 0 Å². The predicted molar refractivity (Wildman–Crippen MR) is 64.2 cm³/mol. The summed E-state index contributed by atoms with van der Waals surface area (Å²) in [7, 11) is 0. The van der Waals surface area contributed by atoms with Crippen molar-refractivity contribution in [3.8, 4) is 0 Å². The molecule has 1 fully saturated rings. The number of piperidine rings is 1. The number of amides is 1. The van der Waals surface area contributed by atoms with Crippen LogP contribution in [0.2, 0.25) is 0 Å². The van der Waals surface area contributed by atoms with Gasteiger partial charge in [-0.1, -0.05) is 0 Å². The zero-order valence-corrected chi connectivity index (χ0v) is 9.89. The van der Waals surface area contributed by atoms with Crippen LogP contribution in [0.4, 0.5) is 0 Å². The molecule has 5 heteroatoms. The minimum absolute atomic E-state index is 0.0236. The first-order valence-corrected chi connectivity index (χ1v) is 6.01. The normalized spacial score (nSPS) is 21.4. The molecule has 3 N–H and O–H groups in total. The monoisotopic (exact) mass is 237 g/mol. The summed E-state index contributed by atoms with van der Waals surface area (Å²) in [5.74, 6) is 0.796. The van der Waals surface area contributed by atoms with Crippen LogP contribution in [0.25, 0.3) is 0 Å². The Bertz CT molecular complexity index is 351. The van der Waals surface area contributed by atoms with Gasteiger partial charge in [-0.05, 0) is 31.5 Å². The van der Waals surface area contributed by atoms with E-state index in [1.807, 2.05) is 12.1 Å². The summed E-state index contributed by atoms with van der Waals surface area (Å²) >= 11 is 0. The van der Waals surface area contributed by atoms with Crippen LogP contribution in [-0.4, -0.2) is 36.5 Å². The molecule has 17 heavy (non-hydrogen) atoms. The van der Waals surface area contributed by atoms with Gasteiger partial charge in [0, 0.05) is 12.6 Å². The number of carbonyl (C=O) groups is 1. The van der Waals surface area contributed by atoms with Crippen molar-refractivity contribution in [2.75, 3.05) is 19.6 Å². The van der Waals surface area contributed by atoms with Gasteiger partial charge in [-0.2, -0.15) is 0 Å². The zero-order chi connectivity index (χ0) is 12.1. The molecule has 94 valence electrons. The average Bonchev–Trinajstić information content (AvgIpc) is 2.79. The van der Waals surface area contributed by atoms with Crippen LogP contribution in [0.15, 0.2) is 22.8 Å². The summed E-state index contributed by atoms with van der Waals surface area (Å²) in [5.41, 5.74) is 5.86. The number of hydrogen-bond donors (Lipinski definition) is 2. The van der Waals surface area contributed by atoms with E-state index in [0.717, 1.165) is 31.7 Å². The van der Waals surface area contributed by atoms with Gasteiger partial charge in [-0.15, -0.1) is 0 Å². The molecule has 1 aliphatic heterocycles. The molecule has 0 aliphatic carbocycles. The summed E-state index contributed by atoms with van der Waals surface area (Å²) in [6.45, 7) is 2.65. The molecule has 1 aromatic heterocycles. The second kappa shape index (κ2) is 5.84. The molecule has 1 aromatic rings. The van der Waals surface area contributed by atoms with Gasteiger partial charge in [-0.3, -0.25) is 9.69 Å². The molecule has 0 radical (unpaired) electrons. The second-order valence-electron chi connectivity index (χ2n) is 4.49. The van der Waals surface area contributed by atoms with Crippen molar-refractivity contribution in [1.82, 2.24) is 10.2 Å². The van der Waals surface area contributed by atoms with Gasteiger partial charge < -0.3 is 15.5 Å². The third-order valence-electron chi connectivity index (χ3n) is 2.95. The van der Waals surface area contributed by atoms with E-state index >= 15 is 0 Å². The van der Waals surface area contributed by atoms with Gasteiger partial charge in [0.1, 0.15) is 5.76 Å². The number of carbonyl (C=O) groups excluding carboxylic acids is 1. The molecule has 1 amide bonds. The molecule has 1 saturated heterocycles. The maximum Gasteiger partial charge on any atom is 0.234 e. The van der Waals surface area contributed by atoms with E-state index in [4.69, 9.17) is 10.2 Å². The molecule has 0 bridgehead atoms. The lowest BCUT2D eigenvalue weighted by Gasteiger charge is -2.29. The number of nitrogens with one attached hydrogen (secondary N) is 1. The fraction of sp³-hybridized carbons (Fsp3) is 0.583. The van der Waals surface area contributed by atoms with Crippen molar-refractivity contribution in [2.24, 2.45) is 5.73 Å². The van der Waals surface area contributed by atoms with E-state index in [1.54, 1.807) is 6.26 Å². The highest BCUT2D eigenvalue weighted by Gasteiger charge is 2.18. The first-order valence-electron chi connectivity index (χ1n) is 6.01. The van der Waals surface area contributed by atoms with Gasteiger partial charge in [0.25, 0.3) is 0 Å². The zero-order valence-electron chi connectivity index (χ0n) is 9.89. The van der Waals surface area contributed by atoms with Crippen LogP contribution >= 0.6 is 0 Å². The van der Waals surface area contributed by atoms with Crippen molar-refractivity contribution in [3.05, 3.63) is 24.2 Å². The van der Waals surface area contributed by atoms with Crippen molar-refractivity contribution >= 4 is 5.91 Å². The van der Waals surface area contributed by atoms with Crippen molar-refractivity contribution in [3.63, 3.8) is 0 Å². The number of furan rings is 1. The molecule has 0 unspecified atom stereocenters. The minimum Gasteiger partial charge on any atom is -0.467 e. The smallest absolute Gasteiger partial charge is 0.234 e. The lowest BCUT2D eigenvalue weighted by Crippen LogP contribution is -2.46. The Morgan fingerprint density at radius 2 is 2.53 bits per heavy atom. The number of likely N-dealkylation sites (tertiary alicyclic amines) is 1. The average molecular weight is 237 g/mol. The molecule has 1 aliphatic rings. The summed E-state index contributed by atoms with van der Waals surface area (Å²) < 4.78 is 5.14. The Hall–Kier alpha value is -1.33. The largest absolute Gasteiger partial charge is 0.467 e. The molecule has 0 spiro atoms. The first kappa shape index (κ1) is 12.1. The highest BCUT2D eigenvalue weighted by atomic mass is 16.3. The maximum atomic E-state index is 11.7. The Kier molecular flexibility index (Phi) is 4.17. The standard InChI is InChI=1S/C12H19N3O2/c13-10-3-1-5-15(8-10)9-12(16)14-7-11-4-2-6-17-11/h2,4,6,10H,1,3,5,7-9,13H2,(H,14,16)/t10-/m0/s1. The topological polar surface area (TPSA) is 71.5 Å². The quantitative estimate of drug-likeness (QED) is 0.791. The van der Waals surface area contributed by atoms with Gasteiger partial charge in [-0.25, -0.2) is 0 Å². The Morgan fingerprint density at radius 3 is 3.24 bits per heavy atom. The van der Waals surface area contributed by atoms with Crippen molar-refractivity contribution in [2.45, 2.75) is 25.4 Å². The molecule has 1 atom stereocenters. The van der Waals surface area contributed by atoms with Crippen LogP contribution < -0.4 is 11.1 Å². The van der Waals surface area contributed by atoms with Crippen LogP contribution in [0.1, 0.15) is 18.6 Å². The number of hydrogen-bond acceptors (Lipinski definition) is 4. The van der Waals surface area contributed by atoms with E-state index < -0.39 is 0 Å². The van der Waals surface area contributed by atoms with Crippen molar-refractivity contribution in [1.29, 1.82) is 0 Å². The highest BCUT2D eigenvalue weighted by molar-refractivity contribution is 5.77. The van der Waals surface area contributed by atoms with Crippen LogP contribution in [0.3, 0.4) is 0 Å².